The third-order valence-electron chi connectivity index (χ3n) is 6.36. The lowest BCUT2D eigenvalue weighted by Crippen LogP contribution is -2.54. The molecule has 2 amide bonds. The van der Waals surface area contributed by atoms with Crippen LogP contribution in [0.1, 0.15) is 44.1 Å². The van der Waals surface area contributed by atoms with Crippen LogP contribution in [0.2, 0.25) is 5.02 Å². The summed E-state index contributed by atoms with van der Waals surface area (Å²) in [6.45, 7) is 0.427. The molecular weight excluding hydrogens is 336 g/mol. The minimum Gasteiger partial charge on any atom is -0.350 e. The highest BCUT2D eigenvalue weighted by Crippen LogP contribution is 2.60. The Morgan fingerprint density at radius 2 is 1.60 bits per heavy atom. The second-order valence-electron chi connectivity index (χ2n) is 8.25. The summed E-state index contributed by atoms with van der Waals surface area (Å²) in [5, 5.41) is 6.38. The Morgan fingerprint density at radius 3 is 2.20 bits per heavy atom. The molecule has 4 nitrogen and oxygen atoms in total. The van der Waals surface area contributed by atoms with Crippen molar-refractivity contribution >= 4 is 23.4 Å². The molecule has 0 spiro atoms. The third-order valence-corrected chi connectivity index (χ3v) is 6.73. The lowest BCUT2D eigenvalue weighted by Gasteiger charge is -2.55. The first-order chi connectivity index (χ1) is 12.0. The van der Waals surface area contributed by atoms with Crippen LogP contribution in [0.25, 0.3) is 0 Å². The molecule has 0 aromatic heterocycles. The third kappa shape index (κ3) is 3.41. The average molecular weight is 361 g/mol. The van der Waals surface area contributed by atoms with E-state index >= 15 is 0 Å². The molecule has 4 bridgehead atoms. The van der Waals surface area contributed by atoms with E-state index in [9.17, 15) is 9.59 Å². The summed E-state index contributed by atoms with van der Waals surface area (Å²) in [6.07, 6.45) is 6.99. The number of hydrogen-bond donors (Lipinski definition) is 2. The lowest BCUT2D eigenvalue weighted by atomic mass is 9.49. The topological polar surface area (TPSA) is 58.2 Å². The van der Waals surface area contributed by atoms with Crippen molar-refractivity contribution in [3.05, 3.63) is 34.9 Å². The highest BCUT2D eigenvalue weighted by molar-refractivity contribution is 6.31. The molecule has 0 atom stereocenters. The summed E-state index contributed by atoms with van der Waals surface area (Å²) in [6, 6.07) is 7.44. The van der Waals surface area contributed by atoms with Crippen LogP contribution >= 0.6 is 11.6 Å². The molecule has 4 fully saturated rings. The van der Waals surface area contributed by atoms with Gasteiger partial charge in [-0.2, -0.15) is 0 Å². The fourth-order valence-electron chi connectivity index (χ4n) is 5.63. The summed E-state index contributed by atoms with van der Waals surface area (Å²) in [4.78, 5) is 24.9. The number of carbonyl (C=O) groups is 2. The second-order valence-corrected chi connectivity index (χ2v) is 8.66. The van der Waals surface area contributed by atoms with Crippen LogP contribution in [-0.2, 0) is 16.1 Å². The normalized spacial score (nSPS) is 32.4. The van der Waals surface area contributed by atoms with Gasteiger partial charge in [0, 0.05) is 17.0 Å². The first-order valence-corrected chi connectivity index (χ1v) is 9.70. The van der Waals surface area contributed by atoms with Crippen molar-refractivity contribution in [2.75, 3.05) is 6.54 Å². The molecule has 5 rings (SSSR count). The van der Waals surface area contributed by atoms with Crippen LogP contribution in [0.15, 0.2) is 24.3 Å². The molecule has 25 heavy (non-hydrogen) atoms. The van der Waals surface area contributed by atoms with E-state index in [0.717, 1.165) is 42.6 Å². The zero-order valence-electron chi connectivity index (χ0n) is 14.4. The van der Waals surface area contributed by atoms with Gasteiger partial charge in [0.2, 0.25) is 11.8 Å². The van der Waals surface area contributed by atoms with E-state index in [1.54, 1.807) is 6.07 Å². The van der Waals surface area contributed by atoms with E-state index in [4.69, 9.17) is 11.6 Å². The SMILES string of the molecule is O=C(CNC(=O)C12CC3CC(CC(C3)C1)C2)NCc1ccccc1Cl. The van der Waals surface area contributed by atoms with Crippen molar-refractivity contribution in [3.63, 3.8) is 0 Å². The molecular formula is C20H25ClN2O2. The summed E-state index contributed by atoms with van der Waals surface area (Å²) in [5.74, 6) is 2.11. The highest BCUT2D eigenvalue weighted by Gasteiger charge is 2.54. The molecule has 134 valence electrons. The first kappa shape index (κ1) is 16.9. The van der Waals surface area contributed by atoms with Crippen LogP contribution in [0.5, 0.6) is 0 Å². The Labute approximate surface area is 153 Å². The van der Waals surface area contributed by atoms with Gasteiger partial charge in [0.05, 0.1) is 6.54 Å². The van der Waals surface area contributed by atoms with E-state index < -0.39 is 0 Å². The van der Waals surface area contributed by atoms with Gasteiger partial charge in [-0.05, 0) is 67.9 Å². The Morgan fingerprint density at radius 1 is 1.00 bits per heavy atom. The van der Waals surface area contributed by atoms with Crippen molar-refractivity contribution in [3.8, 4) is 0 Å². The molecule has 1 aromatic carbocycles. The molecule has 0 heterocycles. The van der Waals surface area contributed by atoms with E-state index in [0.29, 0.717) is 11.6 Å². The van der Waals surface area contributed by atoms with E-state index in [-0.39, 0.29) is 23.8 Å². The number of benzene rings is 1. The van der Waals surface area contributed by atoms with Gasteiger partial charge in [-0.3, -0.25) is 9.59 Å². The van der Waals surface area contributed by atoms with Crippen LogP contribution in [0.4, 0.5) is 0 Å². The first-order valence-electron chi connectivity index (χ1n) is 9.32. The number of carbonyl (C=O) groups excluding carboxylic acids is 2. The van der Waals surface area contributed by atoms with Crippen LogP contribution < -0.4 is 10.6 Å². The molecule has 0 radical (unpaired) electrons. The van der Waals surface area contributed by atoms with Gasteiger partial charge < -0.3 is 10.6 Å². The maximum atomic E-state index is 12.8. The van der Waals surface area contributed by atoms with Crippen molar-refractivity contribution < 1.29 is 9.59 Å². The lowest BCUT2D eigenvalue weighted by molar-refractivity contribution is -0.147. The zero-order chi connectivity index (χ0) is 17.4. The predicted octanol–water partition coefficient (Wildman–Crippen LogP) is 3.29. The maximum Gasteiger partial charge on any atom is 0.239 e. The molecule has 4 aliphatic carbocycles. The average Bonchev–Trinajstić information content (AvgIpc) is 2.57. The fraction of sp³-hybridized carbons (Fsp3) is 0.600. The molecule has 0 aliphatic heterocycles. The number of nitrogens with one attached hydrogen (secondary N) is 2. The van der Waals surface area contributed by atoms with Gasteiger partial charge in [0.15, 0.2) is 0 Å². The fourth-order valence-corrected chi connectivity index (χ4v) is 5.84. The van der Waals surface area contributed by atoms with E-state index in [1.807, 2.05) is 18.2 Å². The van der Waals surface area contributed by atoms with Gasteiger partial charge >= 0.3 is 0 Å². The number of amides is 2. The van der Waals surface area contributed by atoms with Crippen molar-refractivity contribution in [1.29, 1.82) is 0 Å². The minimum absolute atomic E-state index is 0.0467. The molecule has 5 heteroatoms. The number of halogens is 1. The van der Waals surface area contributed by atoms with Gasteiger partial charge in [0.25, 0.3) is 0 Å². The molecule has 0 saturated heterocycles. The standard InChI is InChI=1S/C20H25ClN2O2/c21-17-4-2-1-3-16(17)11-22-18(24)12-23-19(25)20-8-13-5-14(9-20)7-15(6-13)10-20/h1-4,13-15H,5-12H2,(H,22,24)(H,23,25). The summed E-state index contributed by atoms with van der Waals surface area (Å²) < 4.78 is 0. The van der Waals surface area contributed by atoms with Gasteiger partial charge in [-0.15, -0.1) is 0 Å². The molecule has 0 unspecified atom stereocenters. The van der Waals surface area contributed by atoms with Gasteiger partial charge in [-0.25, -0.2) is 0 Å². The van der Waals surface area contributed by atoms with Crippen molar-refractivity contribution in [1.82, 2.24) is 10.6 Å². The van der Waals surface area contributed by atoms with E-state index in [1.165, 1.54) is 19.3 Å². The highest BCUT2D eigenvalue weighted by atomic mass is 35.5. The van der Waals surface area contributed by atoms with Gasteiger partial charge in [-0.1, -0.05) is 29.8 Å². The quantitative estimate of drug-likeness (QED) is 0.846. The summed E-state index contributed by atoms with van der Waals surface area (Å²) in [5.41, 5.74) is 0.683. The maximum absolute atomic E-state index is 12.8. The van der Waals surface area contributed by atoms with Crippen LogP contribution in [0, 0.1) is 23.2 Å². The molecule has 2 N–H and O–H groups in total. The largest absolute Gasteiger partial charge is 0.350 e. The Hall–Kier alpha value is -1.55. The smallest absolute Gasteiger partial charge is 0.239 e. The second kappa shape index (κ2) is 6.64. The Bertz CT molecular complexity index is 653. The number of rotatable bonds is 5. The van der Waals surface area contributed by atoms with Crippen LogP contribution in [-0.4, -0.2) is 18.4 Å². The summed E-state index contributed by atoms with van der Waals surface area (Å²) in [7, 11) is 0. The minimum atomic E-state index is -0.197. The predicted molar refractivity (Wildman–Crippen MR) is 96.9 cm³/mol. The molecule has 1 aromatic rings. The van der Waals surface area contributed by atoms with Gasteiger partial charge in [0.1, 0.15) is 0 Å². The molecule has 4 saturated carbocycles. The van der Waals surface area contributed by atoms with Crippen molar-refractivity contribution in [2.45, 2.75) is 45.1 Å². The van der Waals surface area contributed by atoms with Crippen LogP contribution in [0.3, 0.4) is 0 Å². The zero-order valence-corrected chi connectivity index (χ0v) is 15.1. The van der Waals surface area contributed by atoms with E-state index in [2.05, 4.69) is 10.6 Å². The Balaban J connectivity index is 1.29. The Kier molecular flexibility index (Phi) is 4.48. The molecule has 4 aliphatic rings. The summed E-state index contributed by atoms with van der Waals surface area (Å²) >= 11 is 6.09. The number of hydrogen-bond acceptors (Lipinski definition) is 2. The van der Waals surface area contributed by atoms with Crippen molar-refractivity contribution in [2.24, 2.45) is 23.2 Å². The monoisotopic (exact) mass is 360 g/mol.